The average Bonchev–Trinajstić information content (AvgIpc) is 3.14. The number of benzene rings is 2. The number of ether oxygens (including phenoxy) is 7. The molecule has 280 valence electrons. The van der Waals surface area contributed by atoms with E-state index >= 15 is 0 Å². The van der Waals surface area contributed by atoms with Gasteiger partial charge in [0.25, 0.3) is 0 Å². The van der Waals surface area contributed by atoms with Crippen molar-refractivity contribution in [2.24, 2.45) is 10.2 Å². The van der Waals surface area contributed by atoms with Gasteiger partial charge in [-0.2, -0.15) is 10.2 Å². The summed E-state index contributed by atoms with van der Waals surface area (Å²) in [6.07, 6.45) is -11.7. The molecule has 0 radical (unpaired) electrons. The Bertz CT molecular complexity index is 1250. The molecule has 0 aromatic heterocycles. The van der Waals surface area contributed by atoms with Crippen molar-refractivity contribution in [3.8, 4) is 5.75 Å². The van der Waals surface area contributed by atoms with E-state index in [9.17, 15) is 35.7 Å². The van der Waals surface area contributed by atoms with Crippen molar-refractivity contribution in [2.75, 3.05) is 52.9 Å². The number of unbranched alkanes of at least 4 members (excludes halogenated alkanes) is 1. The molecule has 0 aliphatic carbocycles. The summed E-state index contributed by atoms with van der Waals surface area (Å²) in [6.45, 7) is 2.17. The van der Waals surface area contributed by atoms with Gasteiger partial charge in [0.1, 0.15) is 61.2 Å². The number of aryl methyl sites for hydroxylation is 1. The Balaban J connectivity index is 1.06. The van der Waals surface area contributed by atoms with Crippen molar-refractivity contribution in [2.45, 2.75) is 87.6 Å². The fourth-order valence-electron chi connectivity index (χ4n) is 5.29. The first-order valence-electron chi connectivity index (χ1n) is 16.8. The second kappa shape index (κ2) is 21.0. The Morgan fingerprint density at radius 3 is 1.80 bits per heavy atom. The fraction of sp³-hybridized carbons (Fsp3) is 0.647. The fourth-order valence-corrected chi connectivity index (χ4v) is 5.29. The van der Waals surface area contributed by atoms with E-state index in [2.05, 4.69) is 29.3 Å². The van der Waals surface area contributed by atoms with Gasteiger partial charge in [-0.3, -0.25) is 0 Å². The van der Waals surface area contributed by atoms with Gasteiger partial charge in [-0.15, -0.1) is 0 Å². The summed E-state index contributed by atoms with van der Waals surface area (Å²) in [7, 11) is 0. The van der Waals surface area contributed by atoms with Gasteiger partial charge in [0.2, 0.25) is 0 Å². The van der Waals surface area contributed by atoms with Gasteiger partial charge in [0.15, 0.2) is 12.6 Å². The molecule has 7 N–H and O–H groups in total. The highest BCUT2D eigenvalue weighted by Gasteiger charge is 2.50. The van der Waals surface area contributed by atoms with Crippen LogP contribution in [0.25, 0.3) is 0 Å². The summed E-state index contributed by atoms with van der Waals surface area (Å²) < 4.78 is 38.6. The van der Waals surface area contributed by atoms with Crippen LogP contribution in [0.4, 0.5) is 11.4 Å². The normalized spacial score (nSPS) is 30.2. The van der Waals surface area contributed by atoms with Crippen molar-refractivity contribution < 1.29 is 68.9 Å². The summed E-state index contributed by atoms with van der Waals surface area (Å²) in [5.74, 6) is 0.675. The molecule has 2 aliphatic rings. The number of aliphatic hydroxyl groups excluding tert-OH is 7. The lowest BCUT2D eigenvalue weighted by molar-refractivity contribution is -0.359. The molecule has 0 spiro atoms. The van der Waals surface area contributed by atoms with Gasteiger partial charge in [-0.05, 0) is 54.8 Å². The second-order valence-electron chi connectivity index (χ2n) is 11.9. The minimum atomic E-state index is -1.75. The third-order valence-electron chi connectivity index (χ3n) is 8.21. The van der Waals surface area contributed by atoms with E-state index in [0.717, 1.165) is 12.1 Å². The second-order valence-corrected chi connectivity index (χ2v) is 11.9. The van der Waals surface area contributed by atoms with Gasteiger partial charge < -0.3 is 68.9 Å². The highest BCUT2D eigenvalue weighted by Crippen LogP contribution is 2.29. The molecule has 2 heterocycles. The molecule has 0 unspecified atom stereocenters. The van der Waals surface area contributed by atoms with E-state index in [-0.39, 0.29) is 19.8 Å². The zero-order chi connectivity index (χ0) is 35.9. The highest BCUT2D eigenvalue weighted by atomic mass is 16.7. The monoisotopic (exact) mass is 710 g/mol. The molecule has 2 fully saturated rings. The maximum atomic E-state index is 10.7. The van der Waals surface area contributed by atoms with Crippen LogP contribution in [0.3, 0.4) is 0 Å². The molecule has 10 atom stereocenters. The number of azo groups is 1. The van der Waals surface area contributed by atoms with Gasteiger partial charge in [0, 0.05) is 0 Å². The zero-order valence-corrected chi connectivity index (χ0v) is 28.1. The molecule has 16 nitrogen and oxygen atoms in total. The number of hydrogen-bond donors (Lipinski definition) is 7. The summed E-state index contributed by atoms with van der Waals surface area (Å²) in [5, 5.41) is 79.1. The SMILES string of the molecule is CCCCc1ccc(N=Nc2ccc(OCCOCCOCCO[C@H]3O[C@H](CO)[C@@H](O[C@H]4O[C@H](CO)[C@@H](O)[C@H](O)[C@H]4O)[C@H](O)[C@H]3O)cc2)cc1. The lowest BCUT2D eigenvalue weighted by Gasteiger charge is -2.45. The summed E-state index contributed by atoms with van der Waals surface area (Å²) in [4.78, 5) is 0. The van der Waals surface area contributed by atoms with Crippen LogP contribution in [0, 0.1) is 0 Å². The lowest BCUT2D eigenvalue weighted by atomic mass is 9.97. The smallest absolute Gasteiger partial charge is 0.187 e. The van der Waals surface area contributed by atoms with E-state index in [4.69, 9.17) is 33.2 Å². The van der Waals surface area contributed by atoms with Crippen LogP contribution >= 0.6 is 0 Å². The molecule has 2 saturated heterocycles. The Hall–Kier alpha value is -2.68. The molecule has 2 aromatic rings. The van der Waals surface area contributed by atoms with Gasteiger partial charge in [-0.1, -0.05) is 25.5 Å². The van der Waals surface area contributed by atoms with Gasteiger partial charge >= 0.3 is 0 Å². The predicted octanol–water partition coefficient (Wildman–Crippen LogP) is 0.497. The standard InChI is InChI=1S/C34H50N2O14/c1-2-3-4-21-5-7-22(8-6-21)35-36-23-9-11-24(12-10-23)46-17-15-44-13-14-45-16-18-47-33-31(43)29(41)32(26(20-38)49-33)50-34-30(42)28(40)27(39)25(19-37)48-34/h5-12,25-34,37-43H,2-4,13-20H2,1H3/t25-,26-,27-,28+,29-,30-,31-,32-,33+,34-/m1/s1. The Kier molecular flexibility index (Phi) is 16.8. The van der Waals surface area contributed by atoms with E-state index in [1.807, 2.05) is 36.4 Å². The van der Waals surface area contributed by atoms with E-state index in [0.29, 0.717) is 31.3 Å². The van der Waals surface area contributed by atoms with Crippen LogP contribution in [0.1, 0.15) is 25.3 Å². The van der Waals surface area contributed by atoms with Crippen LogP contribution in [0.2, 0.25) is 0 Å². The van der Waals surface area contributed by atoms with Crippen LogP contribution < -0.4 is 4.74 Å². The molecule has 0 saturated carbocycles. The zero-order valence-electron chi connectivity index (χ0n) is 28.1. The number of hydrogen-bond acceptors (Lipinski definition) is 16. The number of nitrogens with zero attached hydrogens (tertiary/aromatic N) is 2. The van der Waals surface area contributed by atoms with Crippen molar-refractivity contribution in [3.05, 3.63) is 54.1 Å². The number of aliphatic hydroxyl groups is 7. The molecular formula is C34H50N2O14. The van der Waals surface area contributed by atoms with Crippen molar-refractivity contribution in [1.29, 1.82) is 0 Å². The first kappa shape index (κ1) is 40.1. The third-order valence-corrected chi connectivity index (χ3v) is 8.21. The first-order chi connectivity index (χ1) is 24.2. The topological polar surface area (TPSA) is 231 Å². The van der Waals surface area contributed by atoms with Crippen molar-refractivity contribution in [3.63, 3.8) is 0 Å². The first-order valence-corrected chi connectivity index (χ1v) is 16.8. The molecular weight excluding hydrogens is 660 g/mol. The third kappa shape index (κ3) is 11.7. The Morgan fingerprint density at radius 2 is 1.18 bits per heavy atom. The Morgan fingerprint density at radius 1 is 0.620 bits per heavy atom. The number of rotatable bonds is 20. The van der Waals surface area contributed by atoms with Crippen LogP contribution in [0.5, 0.6) is 5.75 Å². The summed E-state index contributed by atoms with van der Waals surface area (Å²) in [5.41, 5.74) is 2.81. The molecule has 0 bridgehead atoms. The maximum absolute atomic E-state index is 10.7. The molecule has 0 amide bonds. The van der Waals surface area contributed by atoms with Crippen molar-refractivity contribution >= 4 is 11.4 Å². The minimum absolute atomic E-state index is 0.0190. The predicted molar refractivity (Wildman–Crippen MR) is 175 cm³/mol. The largest absolute Gasteiger partial charge is 0.491 e. The quantitative estimate of drug-likeness (QED) is 0.0733. The minimum Gasteiger partial charge on any atom is -0.491 e. The van der Waals surface area contributed by atoms with Gasteiger partial charge in [-0.25, -0.2) is 0 Å². The van der Waals surface area contributed by atoms with E-state index in [1.165, 1.54) is 18.4 Å². The van der Waals surface area contributed by atoms with Crippen LogP contribution in [0.15, 0.2) is 58.8 Å². The molecule has 4 rings (SSSR count). The molecule has 16 heteroatoms. The van der Waals surface area contributed by atoms with E-state index < -0.39 is 74.6 Å². The summed E-state index contributed by atoms with van der Waals surface area (Å²) in [6, 6.07) is 15.4. The average molecular weight is 711 g/mol. The highest BCUT2D eigenvalue weighted by molar-refractivity contribution is 5.43. The maximum Gasteiger partial charge on any atom is 0.187 e. The molecule has 50 heavy (non-hydrogen) atoms. The molecule has 2 aromatic carbocycles. The van der Waals surface area contributed by atoms with Crippen LogP contribution in [-0.2, 0) is 34.8 Å². The Labute approximate surface area is 290 Å². The van der Waals surface area contributed by atoms with Crippen LogP contribution in [-0.4, -0.2) is 150 Å². The van der Waals surface area contributed by atoms with E-state index in [1.54, 1.807) is 0 Å². The summed E-state index contributed by atoms with van der Waals surface area (Å²) >= 11 is 0. The lowest BCUT2D eigenvalue weighted by Crippen LogP contribution is -2.64. The molecule has 2 aliphatic heterocycles. The van der Waals surface area contributed by atoms with Gasteiger partial charge in [0.05, 0.1) is 57.6 Å². The van der Waals surface area contributed by atoms with Crippen molar-refractivity contribution in [1.82, 2.24) is 0 Å².